The van der Waals surface area contributed by atoms with Crippen LogP contribution in [-0.4, -0.2) is 9.97 Å². The molecular weight excluding hydrogens is 461 g/mol. The fraction of sp³-hybridized carbons (Fsp3) is 0.0400. The van der Waals surface area contributed by atoms with E-state index in [0.717, 1.165) is 44.2 Å². The summed E-state index contributed by atoms with van der Waals surface area (Å²) in [6.45, 7) is 0.482. The molecule has 2 aromatic heterocycles. The van der Waals surface area contributed by atoms with Gasteiger partial charge in [0.05, 0.1) is 5.39 Å². The number of nitrogens with one attached hydrogen (secondary N) is 1. The molecule has 0 atom stereocenters. The highest BCUT2D eigenvalue weighted by atomic mass is 35.5. The minimum atomic E-state index is 0.482. The van der Waals surface area contributed by atoms with Gasteiger partial charge in [-0.1, -0.05) is 47.5 Å². The second-order valence-corrected chi connectivity index (χ2v) is 8.85. The maximum Gasteiger partial charge on any atom is 0.143 e. The lowest BCUT2D eigenvalue weighted by atomic mass is 10.1. The van der Waals surface area contributed by atoms with Crippen LogP contribution >= 0.6 is 34.5 Å². The Kier molecular flexibility index (Phi) is 5.95. The first-order valence-electron chi connectivity index (χ1n) is 9.88. The highest BCUT2D eigenvalue weighted by Gasteiger charge is 2.13. The van der Waals surface area contributed by atoms with Crippen LogP contribution in [0.3, 0.4) is 0 Å². The Hall–Kier alpha value is -3.12. The molecule has 0 radical (unpaired) electrons. The predicted molar refractivity (Wildman–Crippen MR) is 133 cm³/mol. The average molecular weight is 478 g/mol. The van der Waals surface area contributed by atoms with Gasteiger partial charge in [-0.15, -0.1) is 11.3 Å². The number of hydrogen-bond acceptors (Lipinski definition) is 5. The number of anilines is 2. The van der Waals surface area contributed by atoms with Crippen molar-refractivity contribution in [1.82, 2.24) is 9.97 Å². The number of nitrogens with zero attached hydrogens (tertiary/aromatic N) is 2. The summed E-state index contributed by atoms with van der Waals surface area (Å²) in [6.07, 6.45) is 1.58. The lowest BCUT2D eigenvalue weighted by Crippen LogP contribution is -1.97. The molecule has 4 nitrogen and oxygen atoms in total. The summed E-state index contributed by atoms with van der Waals surface area (Å²) in [4.78, 5) is 9.86. The second-order valence-electron chi connectivity index (χ2n) is 7.12. The van der Waals surface area contributed by atoms with Gasteiger partial charge in [0.1, 0.15) is 29.3 Å². The van der Waals surface area contributed by atoms with E-state index in [-0.39, 0.29) is 0 Å². The monoisotopic (exact) mass is 477 g/mol. The SMILES string of the molecule is Clc1ccc(COc2ccc(Nc3ncnc4scc(-c5ccc(Cl)cc5)c34)cc2)cc1. The first-order valence-corrected chi connectivity index (χ1v) is 11.5. The third kappa shape index (κ3) is 4.55. The van der Waals surface area contributed by atoms with Crippen molar-refractivity contribution in [1.29, 1.82) is 0 Å². The minimum Gasteiger partial charge on any atom is -0.489 e. The van der Waals surface area contributed by atoms with E-state index in [9.17, 15) is 0 Å². The lowest BCUT2D eigenvalue weighted by Gasteiger charge is -2.10. The van der Waals surface area contributed by atoms with Gasteiger partial charge in [-0.25, -0.2) is 9.97 Å². The zero-order chi connectivity index (χ0) is 21.9. The number of thiophene rings is 1. The zero-order valence-corrected chi connectivity index (χ0v) is 19.1. The summed E-state index contributed by atoms with van der Waals surface area (Å²) in [5, 5.41) is 7.93. The molecule has 0 aliphatic carbocycles. The molecule has 32 heavy (non-hydrogen) atoms. The number of halogens is 2. The molecule has 0 saturated carbocycles. The van der Waals surface area contributed by atoms with E-state index >= 15 is 0 Å². The van der Waals surface area contributed by atoms with Crippen molar-refractivity contribution in [2.24, 2.45) is 0 Å². The van der Waals surface area contributed by atoms with Crippen molar-refractivity contribution >= 4 is 56.3 Å². The van der Waals surface area contributed by atoms with Crippen LogP contribution in [0.15, 0.2) is 84.5 Å². The Morgan fingerprint density at radius 3 is 2.22 bits per heavy atom. The van der Waals surface area contributed by atoms with Gasteiger partial charge in [0, 0.05) is 26.7 Å². The fourth-order valence-corrected chi connectivity index (χ4v) is 4.50. The molecule has 0 aliphatic rings. The fourth-order valence-electron chi connectivity index (χ4n) is 3.33. The number of rotatable bonds is 6. The summed E-state index contributed by atoms with van der Waals surface area (Å²) in [7, 11) is 0. The maximum absolute atomic E-state index is 6.06. The van der Waals surface area contributed by atoms with E-state index in [1.54, 1.807) is 17.7 Å². The van der Waals surface area contributed by atoms with E-state index in [0.29, 0.717) is 16.7 Å². The molecule has 0 amide bonds. The molecule has 5 rings (SSSR count). The number of fused-ring (bicyclic) bond motifs is 1. The van der Waals surface area contributed by atoms with Crippen molar-refractivity contribution in [2.75, 3.05) is 5.32 Å². The first-order chi connectivity index (χ1) is 15.7. The van der Waals surface area contributed by atoms with Crippen LogP contribution in [0.2, 0.25) is 10.0 Å². The van der Waals surface area contributed by atoms with Crippen LogP contribution in [0.5, 0.6) is 5.75 Å². The maximum atomic E-state index is 6.06. The number of aromatic nitrogens is 2. The molecular formula is C25H17Cl2N3OS. The highest BCUT2D eigenvalue weighted by molar-refractivity contribution is 7.17. The van der Waals surface area contributed by atoms with Crippen molar-refractivity contribution < 1.29 is 4.74 Å². The first kappa shape index (κ1) is 20.8. The third-order valence-electron chi connectivity index (χ3n) is 4.96. The molecule has 0 bridgehead atoms. The Bertz CT molecular complexity index is 1350. The second kappa shape index (κ2) is 9.17. The minimum absolute atomic E-state index is 0.482. The van der Waals surface area contributed by atoms with E-state index < -0.39 is 0 Å². The van der Waals surface area contributed by atoms with Gasteiger partial charge >= 0.3 is 0 Å². The van der Waals surface area contributed by atoms with Crippen LogP contribution in [0.4, 0.5) is 11.5 Å². The van der Waals surface area contributed by atoms with E-state index in [1.807, 2.05) is 72.8 Å². The van der Waals surface area contributed by atoms with Gasteiger partial charge in [-0.2, -0.15) is 0 Å². The Morgan fingerprint density at radius 2 is 1.50 bits per heavy atom. The van der Waals surface area contributed by atoms with Gasteiger partial charge in [0.25, 0.3) is 0 Å². The Morgan fingerprint density at radius 1 is 0.812 bits per heavy atom. The molecule has 0 unspecified atom stereocenters. The average Bonchev–Trinajstić information content (AvgIpc) is 3.25. The van der Waals surface area contributed by atoms with Crippen molar-refractivity contribution in [3.05, 3.63) is 100 Å². The number of benzene rings is 3. The smallest absolute Gasteiger partial charge is 0.143 e. The normalized spacial score (nSPS) is 10.9. The van der Waals surface area contributed by atoms with Gasteiger partial charge in [0.2, 0.25) is 0 Å². The standard InChI is InChI=1S/C25H17Cl2N3OS/c26-18-5-1-16(2-6-18)13-31-21-11-9-20(10-12-21)30-24-23-22(14-32-25(23)29-15-28-24)17-3-7-19(27)8-4-17/h1-12,14-15H,13H2,(H,28,29,30). The molecule has 2 heterocycles. The summed E-state index contributed by atoms with van der Waals surface area (Å²) < 4.78 is 5.88. The predicted octanol–water partition coefficient (Wildman–Crippen LogP) is 7.99. The van der Waals surface area contributed by atoms with Gasteiger partial charge in [0.15, 0.2) is 0 Å². The topological polar surface area (TPSA) is 47.0 Å². The molecule has 0 fully saturated rings. The quantitative estimate of drug-likeness (QED) is 0.269. The number of hydrogen-bond donors (Lipinski definition) is 1. The summed E-state index contributed by atoms with van der Waals surface area (Å²) >= 11 is 13.6. The Labute approximate surface area is 199 Å². The lowest BCUT2D eigenvalue weighted by molar-refractivity contribution is 0.306. The van der Waals surface area contributed by atoms with Crippen LogP contribution in [-0.2, 0) is 6.61 Å². The molecule has 7 heteroatoms. The highest BCUT2D eigenvalue weighted by Crippen LogP contribution is 2.37. The number of ether oxygens (including phenoxy) is 1. The Balaban J connectivity index is 1.35. The molecule has 0 spiro atoms. The van der Waals surface area contributed by atoms with Crippen molar-refractivity contribution in [2.45, 2.75) is 6.61 Å². The molecule has 158 valence electrons. The van der Waals surface area contributed by atoms with E-state index in [4.69, 9.17) is 27.9 Å². The zero-order valence-electron chi connectivity index (χ0n) is 16.8. The largest absolute Gasteiger partial charge is 0.489 e. The third-order valence-corrected chi connectivity index (χ3v) is 6.35. The molecule has 0 aliphatic heterocycles. The summed E-state index contributed by atoms with van der Waals surface area (Å²) in [6, 6.07) is 23.2. The molecule has 0 saturated heterocycles. The van der Waals surface area contributed by atoms with E-state index in [2.05, 4.69) is 20.7 Å². The van der Waals surface area contributed by atoms with Crippen LogP contribution in [0.25, 0.3) is 21.3 Å². The summed E-state index contributed by atoms with van der Waals surface area (Å²) in [5.41, 5.74) is 4.13. The van der Waals surface area contributed by atoms with Crippen LogP contribution in [0, 0.1) is 0 Å². The van der Waals surface area contributed by atoms with Crippen molar-refractivity contribution in [3.63, 3.8) is 0 Å². The van der Waals surface area contributed by atoms with Crippen molar-refractivity contribution in [3.8, 4) is 16.9 Å². The molecule has 5 aromatic rings. The van der Waals surface area contributed by atoms with Crippen LogP contribution < -0.4 is 10.1 Å². The van der Waals surface area contributed by atoms with Gasteiger partial charge in [-0.3, -0.25) is 0 Å². The van der Waals surface area contributed by atoms with Gasteiger partial charge in [-0.05, 0) is 59.7 Å². The molecule has 1 N–H and O–H groups in total. The molecule has 3 aromatic carbocycles. The van der Waals surface area contributed by atoms with Crippen LogP contribution in [0.1, 0.15) is 5.56 Å². The van der Waals surface area contributed by atoms with E-state index in [1.165, 1.54) is 0 Å². The summed E-state index contributed by atoms with van der Waals surface area (Å²) in [5.74, 6) is 1.55. The van der Waals surface area contributed by atoms with Gasteiger partial charge < -0.3 is 10.1 Å².